The smallest absolute Gasteiger partial charge is 0.365 e. The second-order valence-electron chi connectivity index (χ2n) is 5.33. The van der Waals surface area contributed by atoms with Gasteiger partial charge < -0.3 is 10.1 Å². The first-order valence-corrected chi connectivity index (χ1v) is 6.91. The van der Waals surface area contributed by atoms with Gasteiger partial charge in [-0.3, -0.25) is 4.79 Å². The van der Waals surface area contributed by atoms with Gasteiger partial charge in [0.25, 0.3) is 0 Å². The minimum atomic E-state index is -4.44. The van der Waals surface area contributed by atoms with E-state index in [0.717, 1.165) is 12.5 Å². The number of ether oxygens (including phenoxy) is 1. The summed E-state index contributed by atoms with van der Waals surface area (Å²) in [7, 11) is 0. The Labute approximate surface area is 121 Å². The number of hydrogen-bond donors (Lipinski definition) is 1. The lowest BCUT2D eigenvalue weighted by molar-refractivity contribution is -0.139. The molecule has 1 N–H and O–H groups in total. The fourth-order valence-corrected chi connectivity index (χ4v) is 2.51. The van der Waals surface area contributed by atoms with E-state index in [1.165, 1.54) is 18.2 Å². The molecule has 1 aromatic carbocycles. The highest BCUT2D eigenvalue weighted by Crippen LogP contribution is 2.34. The van der Waals surface area contributed by atoms with Crippen LogP contribution in [0.25, 0.3) is 0 Å². The van der Waals surface area contributed by atoms with Gasteiger partial charge in [-0.05, 0) is 38.3 Å². The van der Waals surface area contributed by atoms with Gasteiger partial charge in [0.2, 0.25) is 5.91 Å². The lowest BCUT2D eigenvalue weighted by Gasteiger charge is -2.21. The number of carbonyl (C=O) groups is 1. The van der Waals surface area contributed by atoms with Gasteiger partial charge in [-0.25, -0.2) is 0 Å². The molecule has 0 unspecified atom stereocenters. The molecule has 1 aromatic rings. The van der Waals surface area contributed by atoms with Crippen LogP contribution in [-0.2, 0) is 15.7 Å². The third-order valence-electron chi connectivity index (χ3n) is 3.62. The van der Waals surface area contributed by atoms with Crippen molar-refractivity contribution in [2.75, 3.05) is 0 Å². The summed E-state index contributed by atoms with van der Waals surface area (Å²) in [6.07, 6.45) is -3.61. The molecule has 1 aliphatic heterocycles. The average molecular weight is 301 g/mol. The Balaban J connectivity index is 2.10. The number of benzene rings is 1. The molecule has 0 aliphatic carbocycles. The molecule has 6 heteroatoms. The molecule has 0 bridgehead atoms. The van der Waals surface area contributed by atoms with Crippen molar-refractivity contribution >= 4 is 5.91 Å². The van der Waals surface area contributed by atoms with Crippen LogP contribution in [0.4, 0.5) is 13.2 Å². The van der Waals surface area contributed by atoms with Crippen LogP contribution in [0.1, 0.15) is 43.9 Å². The number of halogens is 3. The van der Waals surface area contributed by atoms with Crippen LogP contribution in [0, 0.1) is 0 Å². The van der Waals surface area contributed by atoms with Crippen molar-refractivity contribution in [1.82, 2.24) is 5.32 Å². The van der Waals surface area contributed by atoms with Crippen molar-refractivity contribution in [3.8, 4) is 0 Å². The maximum absolute atomic E-state index is 13.0. The molecule has 116 valence electrons. The first kappa shape index (κ1) is 15.8. The zero-order chi connectivity index (χ0) is 15.6. The van der Waals surface area contributed by atoms with Gasteiger partial charge in [0.1, 0.15) is 6.10 Å². The zero-order valence-corrected chi connectivity index (χ0v) is 11.9. The average Bonchev–Trinajstić information content (AvgIpc) is 2.84. The van der Waals surface area contributed by atoms with Crippen LogP contribution < -0.4 is 5.32 Å². The minimum absolute atomic E-state index is 0.0125. The van der Waals surface area contributed by atoms with Crippen molar-refractivity contribution in [2.45, 2.75) is 51.1 Å². The zero-order valence-electron chi connectivity index (χ0n) is 11.9. The van der Waals surface area contributed by atoms with E-state index < -0.39 is 23.9 Å². The molecule has 2 rings (SSSR count). The monoisotopic (exact) mass is 301 g/mol. The molecule has 1 fully saturated rings. The van der Waals surface area contributed by atoms with E-state index in [2.05, 4.69) is 5.32 Å². The Morgan fingerprint density at radius 3 is 2.57 bits per heavy atom. The third-order valence-corrected chi connectivity index (χ3v) is 3.62. The number of amides is 1. The number of alkyl halides is 3. The molecule has 1 aliphatic rings. The third kappa shape index (κ3) is 3.75. The summed E-state index contributed by atoms with van der Waals surface area (Å²) in [6, 6.07) is 4.54. The maximum atomic E-state index is 13.0. The summed E-state index contributed by atoms with van der Waals surface area (Å²) in [6.45, 7) is 3.41. The fraction of sp³-hybridized carbons (Fsp3) is 0.533. The van der Waals surface area contributed by atoms with Crippen molar-refractivity contribution in [3.05, 3.63) is 35.4 Å². The Morgan fingerprint density at radius 2 is 2.00 bits per heavy atom. The molecule has 1 heterocycles. The summed E-state index contributed by atoms with van der Waals surface area (Å²) in [5, 5.41) is 2.61. The highest BCUT2D eigenvalue weighted by Gasteiger charge is 2.35. The first-order valence-electron chi connectivity index (χ1n) is 6.91. The summed E-state index contributed by atoms with van der Waals surface area (Å²) in [4.78, 5) is 12.0. The molecule has 1 amide bonds. The van der Waals surface area contributed by atoms with E-state index >= 15 is 0 Å². The van der Waals surface area contributed by atoms with Crippen LogP contribution in [0.15, 0.2) is 24.3 Å². The highest BCUT2D eigenvalue weighted by molar-refractivity contribution is 5.81. The quantitative estimate of drug-likeness (QED) is 0.928. The van der Waals surface area contributed by atoms with Gasteiger partial charge in [0, 0.05) is 0 Å². The summed E-state index contributed by atoms with van der Waals surface area (Å²) < 4.78 is 44.3. The van der Waals surface area contributed by atoms with Crippen molar-refractivity contribution in [2.24, 2.45) is 0 Å². The van der Waals surface area contributed by atoms with E-state index in [0.29, 0.717) is 6.42 Å². The van der Waals surface area contributed by atoms with E-state index in [1.807, 2.05) is 6.92 Å². The van der Waals surface area contributed by atoms with Crippen molar-refractivity contribution in [3.63, 3.8) is 0 Å². The summed E-state index contributed by atoms with van der Waals surface area (Å²) >= 11 is 0. The van der Waals surface area contributed by atoms with E-state index in [4.69, 9.17) is 4.74 Å². The Bertz CT molecular complexity index is 516. The van der Waals surface area contributed by atoms with Crippen LogP contribution in [0.5, 0.6) is 0 Å². The lowest BCUT2D eigenvalue weighted by atomic mass is 10.0. The van der Waals surface area contributed by atoms with Crippen LogP contribution in [-0.4, -0.2) is 18.1 Å². The van der Waals surface area contributed by atoms with Crippen LogP contribution in [0.3, 0.4) is 0 Å². The molecule has 0 aromatic heterocycles. The molecule has 0 radical (unpaired) electrons. The second kappa shape index (κ2) is 6.05. The number of hydrogen-bond acceptors (Lipinski definition) is 2. The predicted molar refractivity (Wildman–Crippen MR) is 71.6 cm³/mol. The molecular formula is C15H18F3NO2. The highest BCUT2D eigenvalue weighted by atomic mass is 19.4. The first-order chi connectivity index (χ1) is 9.79. The van der Waals surface area contributed by atoms with E-state index in [1.54, 1.807) is 6.92 Å². The van der Waals surface area contributed by atoms with Gasteiger partial charge in [-0.15, -0.1) is 0 Å². The minimum Gasteiger partial charge on any atom is -0.365 e. The molecule has 21 heavy (non-hydrogen) atoms. The fourth-order valence-electron chi connectivity index (χ4n) is 2.51. The van der Waals surface area contributed by atoms with Crippen LogP contribution in [0.2, 0.25) is 0 Å². The standard InChI is InChI=1S/C15H18F3NO2/c1-9-7-8-13(21-9)14(20)19-10(2)11-5-3-4-6-12(11)15(16,17)18/h3-6,9-10,13H,7-8H2,1-2H3,(H,19,20)/t9-,10-,13+/m1/s1. The van der Waals surface area contributed by atoms with Gasteiger partial charge in [0.05, 0.1) is 17.7 Å². The van der Waals surface area contributed by atoms with E-state index in [-0.39, 0.29) is 17.6 Å². The molecule has 0 spiro atoms. The van der Waals surface area contributed by atoms with Gasteiger partial charge in [0.15, 0.2) is 0 Å². The SMILES string of the molecule is C[C@@H]1CC[C@@H](C(=O)N[C@H](C)c2ccccc2C(F)(F)F)O1. The molecule has 3 nitrogen and oxygen atoms in total. The van der Waals surface area contributed by atoms with Crippen molar-refractivity contribution < 1.29 is 22.7 Å². The molecule has 0 saturated carbocycles. The molecule has 1 saturated heterocycles. The summed E-state index contributed by atoms with van der Waals surface area (Å²) in [5.74, 6) is -0.358. The number of nitrogens with one attached hydrogen (secondary N) is 1. The van der Waals surface area contributed by atoms with E-state index in [9.17, 15) is 18.0 Å². The molecule has 3 atom stereocenters. The topological polar surface area (TPSA) is 38.3 Å². The van der Waals surface area contributed by atoms with Crippen LogP contribution >= 0.6 is 0 Å². The Hall–Kier alpha value is -1.56. The van der Waals surface area contributed by atoms with Crippen molar-refractivity contribution in [1.29, 1.82) is 0 Å². The Morgan fingerprint density at radius 1 is 1.33 bits per heavy atom. The van der Waals surface area contributed by atoms with Gasteiger partial charge in [-0.1, -0.05) is 18.2 Å². The number of rotatable bonds is 3. The normalized spacial score (nSPS) is 23.9. The lowest BCUT2D eigenvalue weighted by Crippen LogP contribution is -2.36. The summed E-state index contributed by atoms with van der Waals surface area (Å²) in [5.41, 5.74) is -0.664. The maximum Gasteiger partial charge on any atom is 0.416 e. The van der Waals surface area contributed by atoms with Gasteiger partial charge in [-0.2, -0.15) is 13.2 Å². The molecular weight excluding hydrogens is 283 g/mol. The second-order valence-corrected chi connectivity index (χ2v) is 5.33. The number of carbonyl (C=O) groups excluding carboxylic acids is 1. The van der Waals surface area contributed by atoms with Gasteiger partial charge >= 0.3 is 6.18 Å². The Kier molecular flexibility index (Phi) is 4.56. The predicted octanol–water partition coefficient (Wildman–Crippen LogP) is 3.45. The largest absolute Gasteiger partial charge is 0.416 e.